The fraction of sp³-hybridized carbons (Fsp3) is 0.778. The maximum absolute atomic E-state index is 5.74. The van der Waals surface area contributed by atoms with Crippen LogP contribution in [0.25, 0.3) is 0 Å². The highest BCUT2D eigenvalue weighted by Gasteiger charge is 2.23. The molecule has 0 bridgehead atoms. The van der Waals surface area contributed by atoms with Crippen molar-refractivity contribution in [2.24, 2.45) is 0 Å². The standard InChI is InChI=1S/C9H15ClN4S/c1-13-4-3-7(5-13)14(2)6-8-11-12-9(10)15-8/h7H,3-6H2,1-2H3. The number of hydrogen-bond acceptors (Lipinski definition) is 5. The number of hydrogen-bond donors (Lipinski definition) is 0. The van der Waals surface area contributed by atoms with Crippen LogP contribution in [-0.4, -0.2) is 53.2 Å². The molecule has 0 saturated carbocycles. The molecule has 0 spiro atoms. The Morgan fingerprint density at radius 1 is 1.60 bits per heavy atom. The highest BCUT2D eigenvalue weighted by molar-refractivity contribution is 7.15. The molecule has 4 nitrogen and oxygen atoms in total. The van der Waals surface area contributed by atoms with Crippen LogP contribution in [-0.2, 0) is 6.54 Å². The van der Waals surface area contributed by atoms with E-state index >= 15 is 0 Å². The SMILES string of the molecule is CN1CCC(N(C)Cc2nnc(Cl)s2)C1. The molecule has 1 atom stereocenters. The van der Waals surface area contributed by atoms with Crippen LogP contribution in [0.2, 0.25) is 4.47 Å². The maximum Gasteiger partial charge on any atom is 0.207 e. The molecular weight excluding hydrogens is 232 g/mol. The molecule has 2 rings (SSSR count). The Morgan fingerprint density at radius 2 is 2.40 bits per heavy atom. The number of aromatic nitrogens is 2. The Balaban J connectivity index is 1.89. The van der Waals surface area contributed by atoms with E-state index in [0.29, 0.717) is 10.5 Å². The lowest BCUT2D eigenvalue weighted by Gasteiger charge is -2.22. The summed E-state index contributed by atoms with van der Waals surface area (Å²) < 4.78 is 0.530. The summed E-state index contributed by atoms with van der Waals surface area (Å²) in [5.41, 5.74) is 0. The fourth-order valence-electron chi connectivity index (χ4n) is 1.91. The molecule has 0 aromatic carbocycles. The Hall–Kier alpha value is -0.230. The topological polar surface area (TPSA) is 32.3 Å². The number of likely N-dealkylation sites (tertiary alicyclic amines) is 1. The van der Waals surface area contributed by atoms with Crippen LogP contribution in [0.5, 0.6) is 0 Å². The summed E-state index contributed by atoms with van der Waals surface area (Å²) in [5.74, 6) is 0. The summed E-state index contributed by atoms with van der Waals surface area (Å²) in [6, 6.07) is 0.637. The van der Waals surface area contributed by atoms with Gasteiger partial charge in [-0.05, 0) is 38.7 Å². The Labute approximate surface area is 98.9 Å². The smallest absolute Gasteiger partial charge is 0.207 e. The third-order valence-corrected chi connectivity index (χ3v) is 3.82. The van der Waals surface area contributed by atoms with E-state index in [0.717, 1.165) is 18.1 Å². The van der Waals surface area contributed by atoms with Gasteiger partial charge in [-0.3, -0.25) is 4.90 Å². The van der Waals surface area contributed by atoms with E-state index in [2.05, 4.69) is 34.1 Å². The second-order valence-electron chi connectivity index (χ2n) is 4.07. The van der Waals surface area contributed by atoms with Gasteiger partial charge in [0.1, 0.15) is 5.01 Å². The van der Waals surface area contributed by atoms with Crippen molar-refractivity contribution in [3.05, 3.63) is 9.47 Å². The van der Waals surface area contributed by atoms with Crippen LogP contribution in [0.15, 0.2) is 0 Å². The Morgan fingerprint density at radius 3 is 2.93 bits per heavy atom. The quantitative estimate of drug-likeness (QED) is 0.806. The lowest BCUT2D eigenvalue weighted by Crippen LogP contribution is -2.33. The van der Waals surface area contributed by atoms with Gasteiger partial charge in [-0.2, -0.15) is 0 Å². The molecule has 0 radical (unpaired) electrons. The van der Waals surface area contributed by atoms with Gasteiger partial charge in [0.2, 0.25) is 4.47 Å². The van der Waals surface area contributed by atoms with E-state index in [9.17, 15) is 0 Å². The first-order valence-corrected chi connectivity index (χ1v) is 6.21. The van der Waals surface area contributed by atoms with Crippen molar-refractivity contribution in [1.82, 2.24) is 20.0 Å². The summed E-state index contributed by atoms with van der Waals surface area (Å²) in [6.45, 7) is 3.18. The number of nitrogens with zero attached hydrogens (tertiary/aromatic N) is 4. The molecule has 2 heterocycles. The van der Waals surface area contributed by atoms with Gasteiger partial charge >= 0.3 is 0 Å². The number of halogens is 1. The first-order valence-electron chi connectivity index (χ1n) is 5.02. The predicted octanol–water partition coefficient (Wildman–Crippen LogP) is 1.33. The van der Waals surface area contributed by atoms with E-state index in [-0.39, 0.29) is 0 Å². The highest BCUT2D eigenvalue weighted by atomic mass is 35.5. The molecule has 1 aliphatic heterocycles. The molecular formula is C9H15ClN4S. The minimum absolute atomic E-state index is 0.530. The van der Waals surface area contributed by atoms with Crippen molar-refractivity contribution in [1.29, 1.82) is 0 Å². The summed E-state index contributed by atoms with van der Waals surface area (Å²) in [6.07, 6.45) is 1.24. The minimum Gasteiger partial charge on any atom is -0.305 e. The normalized spacial score (nSPS) is 22.8. The molecule has 1 aliphatic rings. The molecule has 0 aliphatic carbocycles. The van der Waals surface area contributed by atoms with Gasteiger partial charge < -0.3 is 4.90 Å². The average molecular weight is 247 g/mol. The first-order chi connectivity index (χ1) is 7.15. The van der Waals surface area contributed by atoms with Gasteiger partial charge in [-0.15, -0.1) is 10.2 Å². The Bertz CT molecular complexity index is 330. The minimum atomic E-state index is 0.530. The molecule has 6 heteroatoms. The van der Waals surface area contributed by atoms with Crippen molar-refractivity contribution in [2.75, 3.05) is 27.2 Å². The summed E-state index contributed by atoms with van der Waals surface area (Å²) >= 11 is 7.21. The molecule has 1 saturated heterocycles. The average Bonchev–Trinajstić information content (AvgIpc) is 2.75. The van der Waals surface area contributed by atoms with Crippen LogP contribution >= 0.6 is 22.9 Å². The van der Waals surface area contributed by atoms with Crippen molar-refractivity contribution in [2.45, 2.75) is 19.0 Å². The van der Waals surface area contributed by atoms with Gasteiger partial charge in [-0.1, -0.05) is 11.3 Å². The molecule has 1 fully saturated rings. The van der Waals surface area contributed by atoms with Crippen LogP contribution < -0.4 is 0 Å². The molecule has 1 aromatic heterocycles. The lowest BCUT2D eigenvalue weighted by atomic mass is 10.2. The van der Waals surface area contributed by atoms with Crippen molar-refractivity contribution < 1.29 is 0 Å². The largest absolute Gasteiger partial charge is 0.305 e. The van der Waals surface area contributed by atoms with Gasteiger partial charge in [0.15, 0.2) is 0 Å². The molecule has 15 heavy (non-hydrogen) atoms. The van der Waals surface area contributed by atoms with Gasteiger partial charge in [0, 0.05) is 12.6 Å². The van der Waals surface area contributed by atoms with Crippen LogP contribution in [0.3, 0.4) is 0 Å². The van der Waals surface area contributed by atoms with Crippen molar-refractivity contribution in [3.63, 3.8) is 0 Å². The molecule has 1 aromatic rings. The highest BCUT2D eigenvalue weighted by Crippen LogP contribution is 2.19. The zero-order valence-corrected chi connectivity index (χ0v) is 10.6. The predicted molar refractivity (Wildman–Crippen MR) is 62.3 cm³/mol. The van der Waals surface area contributed by atoms with Crippen molar-refractivity contribution >= 4 is 22.9 Å². The number of rotatable bonds is 3. The molecule has 0 amide bonds. The van der Waals surface area contributed by atoms with Crippen molar-refractivity contribution in [3.8, 4) is 0 Å². The van der Waals surface area contributed by atoms with Gasteiger partial charge in [0.05, 0.1) is 6.54 Å². The molecule has 1 unspecified atom stereocenters. The zero-order chi connectivity index (χ0) is 10.8. The summed E-state index contributed by atoms with van der Waals surface area (Å²) in [4.78, 5) is 4.69. The Kier molecular flexibility index (Phi) is 3.56. The fourth-order valence-corrected chi connectivity index (χ4v) is 2.84. The second kappa shape index (κ2) is 4.74. The van der Waals surface area contributed by atoms with Crippen LogP contribution in [0, 0.1) is 0 Å². The van der Waals surface area contributed by atoms with Crippen LogP contribution in [0.1, 0.15) is 11.4 Å². The van der Waals surface area contributed by atoms with Gasteiger partial charge in [0.25, 0.3) is 0 Å². The maximum atomic E-state index is 5.74. The van der Waals surface area contributed by atoms with Crippen LogP contribution in [0.4, 0.5) is 0 Å². The first kappa shape index (κ1) is 11.3. The second-order valence-corrected chi connectivity index (χ2v) is 5.71. The molecule has 0 N–H and O–H groups in total. The third-order valence-electron chi connectivity index (χ3n) is 2.82. The van der Waals surface area contributed by atoms with Gasteiger partial charge in [-0.25, -0.2) is 0 Å². The third kappa shape index (κ3) is 2.87. The van der Waals surface area contributed by atoms with E-state index < -0.39 is 0 Å². The molecule has 84 valence electrons. The number of likely N-dealkylation sites (N-methyl/N-ethyl adjacent to an activating group) is 2. The summed E-state index contributed by atoms with van der Waals surface area (Å²) in [5, 5.41) is 8.83. The van der Waals surface area contributed by atoms with E-state index in [1.165, 1.54) is 24.3 Å². The van der Waals surface area contributed by atoms with E-state index in [4.69, 9.17) is 11.6 Å². The van der Waals surface area contributed by atoms with E-state index in [1.54, 1.807) is 0 Å². The zero-order valence-electron chi connectivity index (χ0n) is 8.98. The lowest BCUT2D eigenvalue weighted by molar-refractivity contribution is 0.233. The monoisotopic (exact) mass is 246 g/mol. The van der Waals surface area contributed by atoms with E-state index in [1.807, 2.05) is 0 Å². The summed E-state index contributed by atoms with van der Waals surface area (Å²) in [7, 11) is 4.30.